The summed E-state index contributed by atoms with van der Waals surface area (Å²) in [5, 5.41) is 2.46. The second-order valence-corrected chi connectivity index (χ2v) is 2.91. The molecule has 1 rings (SSSR count). The topological polar surface area (TPSA) is 64.3 Å². The fraction of sp³-hybridized carbons (Fsp3) is 0.300. The van der Waals surface area contributed by atoms with Gasteiger partial charge in [0.25, 0.3) is 0 Å². The van der Waals surface area contributed by atoms with Gasteiger partial charge in [-0.05, 0) is 37.2 Å². The molecule has 0 bridgehead atoms. The van der Waals surface area contributed by atoms with Crippen LogP contribution in [0.25, 0.3) is 0 Å². The molecule has 1 aromatic rings. The van der Waals surface area contributed by atoms with Crippen LogP contribution in [0.5, 0.6) is 0 Å². The van der Waals surface area contributed by atoms with Crippen LogP contribution in [0.15, 0.2) is 24.3 Å². The smallest absolute Gasteiger partial charge is 0.411 e. The van der Waals surface area contributed by atoms with Crippen molar-refractivity contribution < 1.29 is 13.9 Å². The Bertz CT molecular complexity index is 314. The molecule has 0 fully saturated rings. The molecule has 5 heteroatoms. The molecule has 0 saturated carbocycles. The maximum absolute atomic E-state index is 12.5. The molecule has 0 atom stereocenters. The van der Waals surface area contributed by atoms with E-state index in [0.29, 0.717) is 18.7 Å². The summed E-state index contributed by atoms with van der Waals surface area (Å²) in [6.07, 6.45) is 0.0617. The Hall–Kier alpha value is -1.62. The Balaban J connectivity index is 2.34. The number of nitrogens with two attached hydrogens (primary N) is 1. The number of hydrogen-bond donors (Lipinski definition) is 2. The van der Waals surface area contributed by atoms with Crippen LogP contribution >= 0.6 is 0 Å². The van der Waals surface area contributed by atoms with Gasteiger partial charge in [-0.2, -0.15) is 0 Å². The zero-order chi connectivity index (χ0) is 11.1. The number of ether oxygens (including phenoxy) is 1. The highest BCUT2D eigenvalue weighted by Crippen LogP contribution is 2.08. The SMILES string of the molecule is NCCCOC(=O)Nc1ccc(F)cc1. The number of amides is 1. The summed E-state index contributed by atoms with van der Waals surface area (Å²) in [5.41, 5.74) is 5.73. The van der Waals surface area contributed by atoms with E-state index in [0.717, 1.165) is 0 Å². The summed E-state index contributed by atoms with van der Waals surface area (Å²) >= 11 is 0. The van der Waals surface area contributed by atoms with Crippen LogP contribution in [0.4, 0.5) is 14.9 Å². The van der Waals surface area contributed by atoms with Crippen LogP contribution in [0, 0.1) is 5.82 Å². The van der Waals surface area contributed by atoms with Crippen molar-refractivity contribution in [3.8, 4) is 0 Å². The third kappa shape index (κ3) is 4.42. The molecular formula is C10H13FN2O2. The van der Waals surface area contributed by atoms with E-state index >= 15 is 0 Å². The van der Waals surface area contributed by atoms with Gasteiger partial charge in [0.1, 0.15) is 5.82 Å². The van der Waals surface area contributed by atoms with E-state index in [-0.39, 0.29) is 12.4 Å². The lowest BCUT2D eigenvalue weighted by molar-refractivity contribution is 0.161. The van der Waals surface area contributed by atoms with Crippen molar-refractivity contribution in [2.45, 2.75) is 6.42 Å². The minimum absolute atomic E-state index is 0.281. The molecule has 0 radical (unpaired) electrons. The van der Waals surface area contributed by atoms with Gasteiger partial charge in [0.05, 0.1) is 6.61 Å². The number of benzene rings is 1. The second kappa shape index (κ2) is 5.98. The Morgan fingerprint density at radius 3 is 2.67 bits per heavy atom. The van der Waals surface area contributed by atoms with Gasteiger partial charge in [-0.15, -0.1) is 0 Å². The summed E-state index contributed by atoms with van der Waals surface area (Å²) in [4.78, 5) is 11.1. The van der Waals surface area contributed by atoms with Crippen molar-refractivity contribution in [1.82, 2.24) is 0 Å². The minimum atomic E-state index is -0.560. The van der Waals surface area contributed by atoms with Gasteiger partial charge in [-0.1, -0.05) is 0 Å². The first-order chi connectivity index (χ1) is 7.22. The second-order valence-electron chi connectivity index (χ2n) is 2.91. The molecule has 1 amide bonds. The van der Waals surface area contributed by atoms with Gasteiger partial charge in [0.15, 0.2) is 0 Å². The Kier molecular flexibility index (Phi) is 4.56. The Morgan fingerprint density at radius 1 is 1.40 bits per heavy atom. The van der Waals surface area contributed by atoms with Crippen molar-refractivity contribution in [3.63, 3.8) is 0 Å². The standard InChI is InChI=1S/C10H13FN2O2/c11-8-2-4-9(5-3-8)13-10(14)15-7-1-6-12/h2-5H,1,6-7,12H2,(H,13,14). The third-order valence-electron chi connectivity index (χ3n) is 1.67. The number of anilines is 1. The molecule has 0 saturated heterocycles. The first-order valence-electron chi connectivity index (χ1n) is 4.62. The van der Waals surface area contributed by atoms with Gasteiger partial charge < -0.3 is 10.5 Å². The zero-order valence-corrected chi connectivity index (χ0v) is 8.20. The minimum Gasteiger partial charge on any atom is -0.449 e. The van der Waals surface area contributed by atoms with E-state index in [2.05, 4.69) is 5.32 Å². The highest BCUT2D eigenvalue weighted by Gasteiger charge is 2.02. The first-order valence-corrected chi connectivity index (χ1v) is 4.62. The van der Waals surface area contributed by atoms with Crippen molar-refractivity contribution >= 4 is 11.8 Å². The summed E-state index contributed by atoms with van der Waals surface area (Å²) in [7, 11) is 0. The predicted octanol–water partition coefficient (Wildman–Crippen LogP) is 1.72. The number of nitrogens with one attached hydrogen (secondary N) is 1. The molecule has 0 spiro atoms. The van der Waals surface area contributed by atoms with Crippen LogP contribution in [-0.2, 0) is 4.74 Å². The van der Waals surface area contributed by atoms with Gasteiger partial charge >= 0.3 is 6.09 Å². The van der Waals surface area contributed by atoms with E-state index in [4.69, 9.17) is 10.5 Å². The Morgan fingerprint density at radius 2 is 2.07 bits per heavy atom. The van der Waals surface area contributed by atoms with Crippen LogP contribution in [0.1, 0.15) is 6.42 Å². The molecule has 0 aliphatic carbocycles. The molecule has 0 aliphatic rings. The van der Waals surface area contributed by atoms with Crippen molar-refractivity contribution in [1.29, 1.82) is 0 Å². The van der Waals surface area contributed by atoms with Crippen molar-refractivity contribution in [2.24, 2.45) is 5.73 Å². The number of rotatable bonds is 4. The molecule has 0 heterocycles. The number of hydrogen-bond acceptors (Lipinski definition) is 3. The van der Waals surface area contributed by atoms with E-state index in [9.17, 15) is 9.18 Å². The molecule has 0 aromatic heterocycles. The quantitative estimate of drug-likeness (QED) is 0.747. The molecule has 82 valence electrons. The lowest BCUT2D eigenvalue weighted by Gasteiger charge is -2.05. The normalized spacial score (nSPS) is 9.73. The van der Waals surface area contributed by atoms with Crippen molar-refractivity contribution in [2.75, 3.05) is 18.5 Å². The van der Waals surface area contributed by atoms with E-state index in [1.807, 2.05) is 0 Å². The largest absolute Gasteiger partial charge is 0.449 e. The van der Waals surface area contributed by atoms with Crippen LogP contribution < -0.4 is 11.1 Å². The van der Waals surface area contributed by atoms with Crippen LogP contribution in [0.2, 0.25) is 0 Å². The van der Waals surface area contributed by atoms with Gasteiger partial charge in [-0.25, -0.2) is 9.18 Å². The van der Waals surface area contributed by atoms with Gasteiger partial charge in [-0.3, -0.25) is 5.32 Å². The molecular weight excluding hydrogens is 199 g/mol. The average Bonchev–Trinajstić information content (AvgIpc) is 2.22. The molecule has 4 nitrogen and oxygen atoms in total. The predicted molar refractivity (Wildman–Crippen MR) is 55.0 cm³/mol. The third-order valence-corrected chi connectivity index (χ3v) is 1.67. The zero-order valence-electron chi connectivity index (χ0n) is 8.20. The summed E-state index contributed by atoms with van der Waals surface area (Å²) in [6, 6.07) is 5.43. The van der Waals surface area contributed by atoms with Gasteiger partial charge in [0, 0.05) is 5.69 Å². The number of carbonyl (C=O) groups is 1. The summed E-state index contributed by atoms with van der Waals surface area (Å²) in [5.74, 6) is -0.350. The maximum atomic E-state index is 12.5. The fourth-order valence-electron chi connectivity index (χ4n) is 0.935. The molecule has 1 aromatic carbocycles. The lowest BCUT2D eigenvalue weighted by atomic mass is 10.3. The van der Waals surface area contributed by atoms with Crippen LogP contribution in [0.3, 0.4) is 0 Å². The monoisotopic (exact) mass is 212 g/mol. The summed E-state index contributed by atoms with van der Waals surface area (Å²) < 4.78 is 17.3. The lowest BCUT2D eigenvalue weighted by Crippen LogP contribution is -2.15. The Labute approximate surface area is 87.2 Å². The van der Waals surface area contributed by atoms with Crippen LogP contribution in [-0.4, -0.2) is 19.2 Å². The molecule has 15 heavy (non-hydrogen) atoms. The van der Waals surface area contributed by atoms with Crippen molar-refractivity contribution in [3.05, 3.63) is 30.1 Å². The number of halogens is 1. The highest BCUT2D eigenvalue weighted by atomic mass is 19.1. The molecule has 0 aliphatic heterocycles. The van der Waals surface area contributed by atoms with E-state index in [1.165, 1.54) is 24.3 Å². The first kappa shape index (κ1) is 11.5. The number of carbonyl (C=O) groups excluding carboxylic acids is 1. The van der Waals surface area contributed by atoms with E-state index in [1.54, 1.807) is 0 Å². The fourth-order valence-corrected chi connectivity index (χ4v) is 0.935. The van der Waals surface area contributed by atoms with Gasteiger partial charge in [0.2, 0.25) is 0 Å². The summed E-state index contributed by atoms with van der Waals surface area (Å²) in [6.45, 7) is 0.757. The molecule has 3 N–H and O–H groups in total. The maximum Gasteiger partial charge on any atom is 0.411 e. The molecule has 0 unspecified atom stereocenters. The average molecular weight is 212 g/mol. The highest BCUT2D eigenvalue weighted by molar-refractivity contribution is 5.84. The van der Waals surface area contributed by atoms with E-state index < -0.39 is 6.09 Å².